The van der Waals surface area contributed by atoms with Crippen LogP contribution in [0.15, 0.2) is 206 Å². The minimum absolute atomic E-state index is 0.204. The molecule has 354 valence electrons. The first-order valence-electron chi connectivity index (χ1n) is 26.5. The van der Waals surface area contributed by atoms with Gasteiger partial charge in [-0.2, -0.15) is 0 Å². The third-order valence-electron chi connectivity index (χ3n) is 17.6. The molecule has 0 fully saturated rings. The maximum absolute atomic E-state index is 2.52. The minimum atomic E-state index is -0.204. The van der Waals surface area contributed by atoms with Crippen molar-refractivity contribution in [2.45, 2.75) is 66.2 Å². The van der Waals surface area contributed by atoms with Crippen LogP contribution in [0.1, 0.15) is 72.2 Å². The summed E-state index contributed by atoms with van der Waals surface area (Å²) in [4.78, 5) is 0. The van der Waals surface area contributed by atoms with E-state index in [9.17, 15) is 0 Å². The van der Waals surface area contributed by atoms with Crippen LogP contribution in [0.25, 0.3) is 121 Å². The summed E-state index contributed by atoms with van der Waals surface area (Å²) in [6, 6.07) is 78.5. The summed E-state index contributed by atoms with van der Waals surface area (Å²) < 4.78 is 0. The average molecular weight is 947 g/mol. The monoisotopic (exact) mass is 946 g/mol. The summed E-state index contributed by atoms with van der Waals surface area (Å²) in [6.45, 7) is 18.8. The first-order chi connectivity index (χ1) is 35.9. The van der Waals surface area contributed by atoms with Gasteiger partial charge >= 0.3 is 0 Å². The third kappa shape index (κ3) is 6.27. The Hall–Kier alpha value is -8.32. The van der Waals surface area contributed by atoms with E-state index in [0.717, 1.165) is 0 Å². The molecule has 0 atom stereocenters. The Bertz CT molecular complexity index is 4090. The van der Waals surface area contributed by atoms with Crippen molar-refractivity contribution < 1.29 is 0 Å². The van der Waals surface area contributed by atoms with Crippen molar-refractivity contribution in [3.8, 4) is 77.9 Å². The molecule has 12 aromatic carbocycles. The lowest BCUT2D eigenvalue weighted by Gasteiger charge is -2.25. The first-order valence-corrected chi connectivity index (χ1v) is 26.5. The number of hydrogen-bond acceptors (Lipinski definition) is 0. The maximum atomic E-state index is 2.52. The molecule has 12 aromatic rings. The highest BCUT2D eigenvalue weighted by atomic mass is 14.4. The molecule has 0 bridgehead atoms. The van der Waals surface area contributed by atoms with Crippen LogP contribution >= 0.6 is 0 Å². The number of fused-ring (bicyclic) bond motifs is 10. The second kappa shape index (κ2) is 16.1. The molecule has 0 unspecified atom stereocenters. The van der Waals surface area contributed by atoms with Crippen LogP contribution in [0.5, 0.6) is 0 Å². The van der Waals surface area contributed by atoms with E-state index in [-0.39, 0.29) is 10.8 Å². The molecule has 0 radical (unpaired) electrons. The number of hydrogen-bond donors (Lipinski definition) is 0. The van der Waals surface area contributed by atoms with Gasteiger partial charge in [0.15, 0.2) is 0 Å². The quantitative estimate of drug-likeness (QED) is 0.151. The van der Waals surface area contributed by atoms with E-state index >= 15 is 0 Å². The molecule has 74 heavy (non-hydrogen) atoms. The Labute approximate surface area is 435 Å². The zero-order valence-corrected chi connectivity index (χ0v) is 43.6. The Balaban J connectivity index is 0.857. The van der Waals surface area contributed by atoms with Crippen molar-refractivity contribution >= 4 is 43.1 Å². The van der Waals surface area contributed by atoms with E-state index in [2.05, 4.69) is 262 Å². The molecule has 14 rings (SSSR count). The van der Waals surface area contributed by atoms with Crippen molar-refractivity contribution in [3.63, 3.8) is 0 Å². The zero-order chi connectivity index (χ0) is 50.4. The van der Waals surface area contributed by atoms with Gasteiger partial charge in [-0.1, -0.05) is 210 Å². The summed E-state index contributed by atoms with van der Waals surface area (Å²) in [5.74, 6) is 0. The molecule has 0 heterocycles. The lowest BCUT2D eigenvalue weighted by atomic mass is 9.78. The highest BCUT2D eigenvalue weighted by Crippen LogP contribution is 2.55. The largest absolute Gasteiger partial charge is 0.0622 e. The fourth-order valence-corrected chi connectivity index (χ4v) is 13.9. The number of benzene rings is 12. The standard InChI is InChI=1S/C74H58/c1-43-19-17-29-59-65(43)69(47-23-11-9-12-24-47)57-27-15-21-45(3)67(57)71(59)51-33-37-55-53-35-31-49(39-61(53)73(5,6)63(55)41-51)50-32-36-54-56-38-34-52(42-64(56)74(7,8)62(54)40-50)72-60-30-18-20-44(2)66(60)70(48-25-13-10-14-26-48)58-28-16-22-46(4)68(58)72/h9-42H,1-8H3. The zero-order valence-electron chi connectivity index (χ0n) is 43.6. The smallest absolute Gasteiger partial charge is 0.0159 e. The van der Waals surface area contributed by atoms with Crippen LogP contribution in [0.2, 0.25) is 0 Å². The van der Waals surface area contributed by atoms with Gasteiger partial charge in [0.1, 0.15) is 0 Å². The van der Waals surface area contributed by atoms with Gasteiger partial charge in [-0.25, -0.2) is 0 Å². The summed E-state index contributed by atoms with van der Waals surface area (Å²) in [5.41, 5.74) is 28.6. The van der Waals surface area contributed by atoms with Crippen molar-refractivity contribution in [2.75, 3.05) is 0 Å². The summed E-state index contributed by atoms with van der Waals surface area (Å²) >= 11 is 0. The number of rotatable bonds is 5. The molecule has 0 aromatic heterocycles. The molecule has 0 spiro atoms. The Morgan fingerprint density at radius 1 is 0.230 bits per heavy atom. The SMILES string of the molecule is Cc1cccc2c(-c3ccc4c(c3)C(C)(C)c3cc(-c5ccc6c(c5)C(C)(C)c5cc(-c7c8cccc(C)c8c(-c8ccccc8)c8cccc(C)c78)ccc5-6)ccc3-4)c3c(C)cccc3c(-c3ccccc3)c12. The maximum Gasteiger partial charge on any atom is 0.0159 e. The summed E-state index contributed by atoms with van der Waals surface area (Å²) in [5, 5.41) is 10.6. The average Bonchev–Trinajstić information content (AvgIpc) is 3.78. The van der Waals surface area contributed by atoms with E-state index < -0.39 is 0 Å². The van der Waals surface area contributed by atoms with Crippen LogP contribution in [0.3, 0.4) is 0 Å². The molecule has 0 N–H and O–H groups in total. The van der Waals surface area contributed by atoms with Crippen LogP contribution in [-0.2, 0) is 10.8 Å². The Morgan fingerprint density at radius 2 is 0.486 bits per heavy atom. The fourth-order valence-electron chi connectivity index (χ4n) is 13.9. The third-order valence-corrected chi connectivity index (χ3v) is 17.6. The van der Waals surface area contributed by atoms with E-state index in [1.807, 2.05) is 0 Å². The Morgan fingerprint density at radius 3 is 0.784 bits per heavy atom. The molecule has 0 saturated carbocycles. The van der Waals surface area contributed by atoms with E-state index in [1.54, 1.807) is 0 Å². The van der Waals surface area contributed by atoms with E-state index in [0.29, 0.717) is 0 Å². The molecule has 2 aliphatic rings. The van der Waals surface area contributed by atoms with Crippen molar-refractivity contribution in [1.82, 2.24) is 0 Å². The molecule has 0 saturated heterocycles. The van der Waals surface area contributed by atoms with Gasteiger partial charge in [-0.3, -0.25) is 0 Å². The van der Waals surface area contributed by atoms with Gasteiger partial charge in [0, 0.05) is 10.8 Å². The van der Waals surface area contributed by atoms with Crippen LogP contribution in [-0.4, -0.2) is 0 Å². The lowest BCUT2D eigenvalue weighted by Crippen LogP contribution is -2.15. The van der Waals surface area contributed by atoms with Crippen LogP contribution in [0.4, 0.5) is 0 Å². The van der Waals surface area contributed by atoms with E-state index in [1.165, 1.54) is 165 Å². The molecule has 0 amide bonds. The van der Waals surface area contributed by atoms with Gasteiger partial charge in [0.05, 0.1) is 0 Å². The second-order valence-corrected chi connectivity index (χ2v) is 22.5. The molecular formula is C74H58. The molecule has 0 aliphatic heterocycles. The van der Waals surface area contributed by atoms with Crippen molar-refractivity contribution in [3.05, 3.63) is 251 Å². The van der Waals surface area contributed by atoms with Crippen LogP contribution < -0.4 is 0 Å². The summed E-state index contributed by atoms with van der Waals surface area (Å²) in [6.07, 6.45) is 0. The van der Waals surface area contributed by atoms with E-state index in [4.69, 9.17) is 0 Å². The highest BCUT2D eigenvalue weighted by Gasteiger charge is 2.38. The van der Waals surface area contributed by atoms with Gasteiger partial charge < -0.3 is 0 Å². The second-order valence-electron chi connectivity index (χ2n) is 22.5. The molecular weight excluding hydrogens is 889 g/mol. The normalized spacial score (nSPS) is 13.9. The number of aryl methyl sites for hydroxylation is 4. The van der Waals surface area contributed by atoms with Gasteiger partial charge in [-0.15, -0.1) is 0 Å². The first kappa shape index (κ1) is 44.4. The summed E-state index contributed by atoms with van der Waals surface area (Å²) in [7, 11) is 0. The van der Waals surface area contributed by atoms with Crippen LogP contribution in [0, 0.1) is 27.7 Å². The molecule has 2 aliphatic carbocycles. The van der Waals surface area contributed by atoms with Gasteiger partial charge in [0.25, 0.3) is 0 Å². The molecule has 0 heteroatoms. The van der Waals surface area contributed by atoms with Gasteiger partial charge in [-0.05, 0) is 217 Å². The van der Waals surface area contributed by atoms with Crippen molar-refractivity contribution in [1.29, 1.82) is 0 Å². The lowest BCUT2D eigenvalue weighted by molar-refractivity contribution is 0.660. The Kier molecular flexibility index (Phi) is 9.65. The molecule has 0 nitrogen and oxygen atoms in total. The van der Waals surface area contributed by atoms with Gasteiger partial charge in [0.2, 0.25) is 0 Å². The fraction of sp³-hybridized carbons (Fsp3) is 0.135. The predicted octanol–water partition coefficient (Wildman–Crippen LogP) is 20.5. The topological polar surface area (TPSA) is 0 Å². The minimum Gasteiger partial charge on any atom is -0.0622 e. The van der Waals surface area contributed by atoms with Crippen molar-refractivity contribution in [2.24, 2.45) is 0 Å². The highest BCUT2D eigenvalue weighted by molar-refractivity contribution is 6.24. The predicted molar refractivity (Wildman–Crippen MR) is 318 cm³/mol.